The molecule has 1 saturated carbocycles. The van der Waals surface area contributed by atoms with Crippen LogP contribution in [0.1, 0.15) is 59.8 Å². The molecule has 0 amide bonds. The van der Waals surface area contributed by atoms with Crippen molar-refractivity contribution in [2.45, 2.75) is 71.9 Å². The van der Waals surface area contributed by atoms with Gasteiger partial charge in [-0.3, -0.25) is 0 Å². The zero-order chi connectivity index (χ0) is 12.9. The van der Waals surface area contributed by atoms with Gasteiger partial charge in [-0.15, -0.1) is 0 Å². The standard InChI is InChI=1S/C15H32N2/c1-6-11-16-13-7-9-14(10-8-13)17(5)12-15(2,3)4/h13-14,16H,6-12H2,1-5H3. The van der Waals surface area contributed by atoms with Gasteiger partial charge in [0, 0.05) is 18.6 Å². The second-order valence-electron chi connectivity index (χ2n) is 6.94. The molecule has 102 valence electrons. The zero-order valence-corrected chi connectivity index (χ0v) is 12.6. The van der Waals surface area contributed by atoms with Crippen LogP contribution in [0.25, 0.3) is 0 Å². The maximum atomic E-state index is 3.66. The smallest absolute Gasteiger partial charge is 0.00935 e. The number of hydrogen-bond acceptors (Lipinski definition) is 2. The van der Waals surface area contributed by atoms with Crippen molar-refractivity contribution in [3.63, 3.8) is 0 Å². The summed E-state index contributed by atoms with van der Waals surface area (Å²) in [5.74, 6) is 0. The first-order valence-corrected chi connectivity index (χ1v) is 7.36. The van der Waals surface area contributed by atoms with E-state index >= 15 is 0 Å². The maximum Gasteiger partial charge on any atom is 0.00935 e. The normalized spacial score (nSPS) is 26.5. The molecule has 0 bridgehead atoms. The van der Waals surface area contributed by atoms with Gasteiger partial charge in [-0.1, -0.05) is 27.7 Å². The molecule has 0 heterocycles. The van der Waals surface area contributed by atoms with E-state index in [4.69, 9.17) is 0 Å². The van der Waals surface area contributed by atoms with E-state index in [1.54, 1.807) is 0 Å². The van der Waals surface area contributed by atoms with Gasteiger partial charge < -0.3 is 10.2 Å². The molecule has 17 heavy (non-hydrogen) atoms. The van der Waals surface area contributed by atoms with Gasteiger partial charge in [0.25, 0.3) is 0 Å². The molecular formula is C15H32N2. The SMILES string of the molecule is CCCNC1CCC(N(C)CC(C)(C)C)CC1. The molecule has 0 aromatic carbocycles. The van der Waals surface area contributed by atoms with Crippen molar-refractivity contribution < 1.29 is 0 Å². The number of nitrogens with one attached hydrogen (secondary N) is 1. The predicted octanol–water partition coefficient (Wildman–Crippen LogP) is 3.28. The van der Waals surface area contributed by atoms with Gasteiger partial charge in [0.1, 0.15) is 0 Å². The molecule has 1 rings (SSSR count). The molecule has 0 saturated heterocycles. The summed E-state index contributed by atoms with van der Waals surface area (Å²) in [6, 6.07) is 1.60. The Morgan fingerprint density at radius 1 is 1.12 bits per heavy atom. The number of rotatable bonds is 5. The lowest BCUT2D eigenvalue weighted by Gasteiger charge is -2.38. The molecule has 1 aliphatic carbocycles. The Morgan fingerprint density at radius 3 is 2.18 bits per heavy atom. The van der Waals surface area contributed by atoms with Crippen LogP contribution in [0.4, 0.5) is 0 Å². The van der Waals surface area contributed by atoms with E-state index in [0.29, 0.717) is 5.41 Å². The van der Waals surface area contributed by atoms with Gasteiger partial charge in [0.2, 0.25) is 0 Å². The lowest BCUT2D eigenvalue weighted by Crippen LogP contribution is -2.43. The Kier molecular flexibility index (Phi) is 5.94. The highest BCUT2D eigenvalue weighted by Crippen LogP contribution is 2.25. The molecule has 1 fully saturated rings. The van der Waals surface area contributed by atoms with Gasteiger partial charge in [0.15, 0.2) is 0 Å². The fourth-order valence-corrected chi connectivity index (χ4v) is 2.95. The molecule has 0 radical (unpaired) electrons. The molecular weight excluding hydrogens is 208 g/mol. The number of nitrogens with zero attached hydrogens (tertiary/aromatic N) is 1. The van der Waals surface area contributed by atoms with Crippen LogP contribution in [0.15, 0.2) is 0 Å². The van der Waals surface area contributed by atoms with Gasteiger partial charge in [0.05, 0.1) is 0 Å². The molecule has 2 nitrogen and oxygen atoms in total. The topological polar surface area (TPSA) is 15.3 Å². The first kappa shape index (κ1) is 15.0. The third-order valence-corrected chi connectivity index (χ3v) is 3.73. The van der Waals surface area contributed by atoms with E-state index in [9.17, 15) is 0 Å². The summed E-state index contributed by atoms with van der Waals surface area (Å²) in [5.41, 5.74) is 0.423. The highest BCUT2D eigenvalue weighted by Gasteiger charge is 2.25. The highest BCUT2D eigenvalue weighted by molar-refractivity contribution is 4.83. The molecule has 2 heteroatoms. The van der Waals surface area contributed by atoms with Crippen LogP contribution in [-0.4, -0.2) is 37.1 Å². The summed E-state index contributed by atoms with van der Waals surface area (Å²) in [6.45, 7) is 11.6. The zero-order valence-electron chi connectivity index (χ0n) is 12.6. The fourth-order valence-electron chi connectivity index (χ4n) is 2.95. The van der Waals surface area contributed by atoms with Crippen LogP contribution in [0.3, 0.4) is 0 Å². The van der Waals surface area contributed by atoms with Crippen LogP contribution in [0.2, 0.25) is 0 Å². The second kappa shape index (κ2) is 6.75. The summed E-state index contributed by atoms with van der Waals surface area (Å²) < 4.78 is 0. The van der Waals surface area contributed by atoms with Crippen molar-refractivity contribution in [1.29, 1.82) is 0 Å². The molecule has 0 spiro atoms. The van der Waals surface area contributed by atoms with Crippen molar-refractivity contribution in [1.82, 2.24) is 10.2 Å². The maximum absolute atomic E-state index is 3.66. The monoisotopic (exact) mass is 240 g/mol. The average molecular weight is 240 g/mol. The van der Waals surface area contributed by atoms with Crippen molar-refractivity contribution in [3.8, 4) is 0 Å². The Morgan fingerprint density at radius 2 is 1.71 bits per heavy atom. The Balaban J connectivity index is 2.26. The lowest BCUT2D eigenvalue weighted by molar-refractivity contribution is 0.131. The van der Waals surface area contributed by atoms with E-state index in [1.165, 1.54) is 45.2 Å². The van der Waals surface area contributed by atoms with Crippen molar-refractivity contribution in [2.75, 3.05) is 20.1 Å². The Bertz CT molecular complexity index is 199. The second-order valence-corrected chi connectivity index (χ2v) is 6.94. The van der Waals surface area contributed by atoms with Gasteiger partial charge in [-0.25, -0.2) is 0 Å². The lowest BCUT2D eigenvalue weighted by atomic mass is 9.88. The van der Waals surface area contributed by atoms with Crippen molar-refractivity contribution >= 4 is 0 Å². The van der Waals surface area contributed by atoms with Crippen LogP contribution in [0.5, 0.6) is 0 Å². The fraction of sp³-hybridized carbons (Fsp3) is 1.00. The predicted molar refractivity (Wildman–Crippen MR) is 76.4 cm³/mol. The van der Waals surface area contributed by atoms with Crippen LogP contribution in [0, 0.1) is 5.41 Å². The molecule has 0 atom stereocenters. The molecule has 1 aliphatic rings. The minimum atomic E-state index is 0.423. The van der Waals surface area contributed by atoms with Crippen LogP contribution < -0.4 is 5.32 Å². The van der Waals surface area contributed by atoms with Gasteiger partial charge in [-0.2, -0.15) is 0 Å². The van der Waals surface area contributed by atoms with Crippen molar-refractivity contribution in [3.05, 3.63) is 0 Å². The molecule has 0 aromatic rings. The van der Waals surface area contributed by atoms with E-state index in [2.05, 4.69) is 45.0 Å². The molecule has 0 aliphatic heterocycles. The highest BCUT2D eigenvalue weighted by atomic mass is 15.1. The van der Waals surface area contributed by atoms with E-state index < -0.39 is 0 Å². The van der Waals surface area contributed by atoms with Gasteiger partial charge >= 0.3 is 0 Å². The van der Waals surface area contributed by atoms with Crippen molar-refractivity contribution in [2.24, 2.45) is 5.41 Å². The van der Waals surface area contributed by atoms with E-state index in [0.717, 1.165) is 12.1 Å². The summed E-state index contributed by atoms with van der Waals surface area (Å²) >= 11 is 0. The third kappa shape index (κ3) is 5.87. The minimum absolute atomic E-state index is 0.423. The number of hydrogen-bond donors (Lipinski definition) is 1. The van der Waals surface area contributed by atoms with Gasteiger partial charge in [-0.05, 0) is 51.1 Å². The minimum Gasteiger partial charge on any atom is -0.314 e. The molecule has 0 aromatic heterocycles. The summed E-state index contributed by atoms with van der Waals surface area (Å²) in [6.07, 6.45) is 6.71. The Hall–Kier alpha value is -0.0800. The largest absolute Gasteiger partial charge is 0.314 e. The van der Waals surface area contributed by atoms with E-state index in [1.807, 2.05) is 0 Å². The first-order valence-electron chi connectivity index (χ1n) is 7.36. The van der Waals surface area contributed by atoms with E-state index in [-0.39, 0.29) is 0 Å². The third-order valence-electron chi connectivity index (χ3n) is 3.73. The van der Waals surface area contributed by atoms with Crippen LogP contribution in [-0.2, 0) is 0 Å². The summed E-state index contributed by atoms with van der Waals surface area (Å²) in [7, 11) is 2.30. The first-order chi connectivity index (χ1) is 7.92. The Labute approximate surface area is 108 Å². The summed E-state index contributed by atoms with van der Waals surface area (Å²) in [5, 5.41) is 3.66. The molecule has 1 N–H and O–H groups in total. The van der Waals surface area contributed by atoms with Crippen LogP contribution >= 0.6 is 0 Å². The average Bonchev–Trinajstić information content (AvgIpc) is 2.24. The quantitative estimate of drug-likeness (QED) is 0.793. The molecule has 0 unspecified atom stereocenters. The summed E-state index contributed by atoms with van der Waals surface area (Å²) in [4.78, 5) is 2.58.